The molecule has 6 nitrogen and oxygen atoms in total. The van der Waals surface area contributed by atoms with Crippen molar-refractivity contribution in [3.8, 4) is 11.4 Å². The maximum absolute atomic E-state index is 12.0. The molecule has 1 N–H and O–H groups in total. The van der Waals surface area contributed by atoms with Crippen LogP contribution in [-0.2, 0) is 4.79 Å². The molecule has 1 aliphatic carbocycles. The Hall–Kier alpha value is -2.24. The average Bonchev–Trinajstić information content (AvgIpc) is 3.23. The summed E-state index contributed by atoms with van der Waals surface area (Å²) in [7, 11) is 0. The minimum atomic E-state index is 0.00504. The molecule has 1 fully saturated rings. The van der Waals surface area contributed by atoms with Crippen molar-refractivity contribution >= 4 is 11.6 Å². The molecule has 1 heterocycles. The Bertz CT molecular complexity index is 647. The first-order chi connectivity index (χ1) is 10.2. The number of aromatic nitrogens is 4. The SMILES string of the molecule is CC[C@@H](C)C(=O)Nc1cccc(-c2nnnn2C2CC2)c1. The highest BCUT2D eigenvalue weighted by Gasteiger charge is 2.28. The summed E-state index contributed by atoms with van der Waals surface area (Å²) in [6, 6.07) is 8.10. The number of hydrogen-bond acceptors (Lipinski definition) is 4. The minimum absolute atomic E-state index is 0.00504. The first-order valence-electron chi connectivity index (χ1n) is 7.38. The first-order valence-corrected chi connectivity index (χ1v) is 7.38. The Morgan fingerprint density at radius 3 is 3.00 bits per heavy atom. The lowest BCUT2D eigenvalue weighted by atomic mass is 10.1. The second-order valence-electron chi connectivity index (χ2n) is 5.56. The lowest BCUT2D eigenvalue weighted by molar-refractivity contribution is -0.119. The van der Waals surface area contributed by atoms with Gasteiger partial charge in [0.05, 0.1) is 6.04 Å². The Morgan fingerprint density at radius 2 is 2.29 bits per heavy atom. The summed E-state index contributed by atoms with van der Waals surface area (Å²) in [4.78, 5) is 12.0. The van der Waals surface area contributed by atoms with Crippen LogP contribution in [0.4, 0.5) is 5.69 Å². The zero-order valence-electron chi connectivity index (χ0n) is 12.3. The van der Waals surface area contributed by atoms with Gasteiger partial charge in [0.15, 0.2) is 5.82 Å². The smallest absolute Gasteiger partial charge is 0.227 e. The molecule has 1 amide bonds. The van der Waals surface area contributed by atoms with Crippen LogP contribution in [-0.4, -0.2) is 26.1 Å². The summed E-state index contributed by atoms with van der Waals surface area (Å²) in [5.74, 6) is 0.805. The maximum atomic E-state index is 12.0. The van der Waals surface area contributed by atoms with Crippen molar-refractivity contribution < 1.29 is 4.79 Å². The van der Waals surface area contributed by atoms with Gasteiger partial charge in [-0.15, -0.1) is 5.10 Å². The Labute approximate surface area is 123 Å². The van der Waals surface area contributed by atoms with Gasteiger partial charge in [0.1, 0.15) is 0 Å². The third-order valence-corrected chi connectivity index (χ3v) is 3.83. The topological polar surface area (TPSA) is 72.7 Å². The monoisotopic (exact) mass is 285 g/mol. The summed E-state index contributed by atoms with van der Waals surface area (Å²) >= 11 is 0. The number of tetrazole rings is 1. The highest BCUT2D eigenvalue weighted by atomic mass is 16.1. The van der Waals surface area contributed by atoms with Gasteiger partial charge in [-0.1, -0.05) is 26.0 Å². The van der Waals surface area contributed by atoms with Crippen LogP contribution in [0, 0.1) is 5.92 Å². The average molecular weight is 285 g/mol. The van der Waals surface area contributed by atoms with Crippen LogP contribution in [0.5, 0.6) is 0 Å². The van der Waals surface area contributed by atoms with Crippen LogP contribution in [0.15, 0.2) is 24.3 Å². The van der Waals surface area contributed by atoms with E-state index in [2.05, 4.69) is 20.8 Å². The summed E-state index contributed by atoms with van der Waals surface area (Å²) in [5, 5.41) is 14.9. The van der Waals surface area contributed by atoms with Gasteiger partial charge in [-0.05, 0) is 41.8 Å². The van der Waals surface area contributed by atoms with E-state index in [1.807, 2.05) is 42.8 Å². The molecule has 1 aromatic heterocycles. The molecule has 2 aromatic rings. The van der Waals surface area contributed by atoms with Gasteiger partial charge in [-0.25, -0.2) is 4.68 Å². The fourth-order valence-electron chi connectivity index (χ4n) is 2.14. The Kier molecular flexibility index (Phi) is 3.68. The van der Waals surface area contributed by atoms with E-state index >= 15 is 0 Å². The van der Waals surface area contributed by atoms with Gasteiger partial charge < -0.3 is 5.32 Å². The van der Waals surface area contributed by atoms with Gasteiger partial charge in [-0.3, -0.25) is 4.79 Å². The molecule has 0 aliphatic heterocycles. The number of benzene rings is 1. The van der Waals surface area contributed by atoms with Crippen LogP contribution in [0.25, 0.3) is 11.4 Å². The highest BCUT2D eigenvalue weighted by Crippen LogP contribution is 2.36. The Balaban J connectivity index is 1.83. The van der Waals surface area contributed by atoms with E-state index in [1.165, 1.54) is 0 Å². The summed E-state index contributed by atoms with van der Waals surface area (Å²) < 4.78 is 1.87. The number of nitrogens with zero attached hydrogens (tertiary/aromatic N) is 4. The summed E-state index contributed by atoms with van der Waals surface area (Å²) in [6.45, 7) is 3.93. The lowest BCUT2D eigenvalue weighted by Gasteiger charge is -2.11. The summed E-state index contributed by atoms with van der Waals surface area (Å²) in [6.07, 6.45) is 3.08. The molecule has 0 unspecified atom stereocenters. The number of carbonyl (C=O) groups is 1. The largest absolute Gasteiger partial charge is 0.326 e. The maximum Gasteiger partial charge on any atom is 0.227 e. The summed E-state index contributed by atoms with van der Waals surface area (Å²) in [5.41, 5.74) is 1.71. The molecule has 0 saturated heterocycles. The quantitative estimate of drug-likeness (QED) is 0.916. The van der Waals surface area contributed by atoms with Gasteiger partial charge in [0.25, 0.3) is 0 Å². The zero-order chi connectivity index (χ0) is 14.8. The number of nitrogens with one attached hydrogen (secondary N) is 1. The Morgan fingerprint density at radius 1 is 1.48 bits per heavy atom. The molecule has 1 atom stereocenters. The van der Waals surface area contributed by atoms with Crippen molar-refractivity contribution in [2.75, 3.05) is 5.32 Å². The standard InChI is InChI=1S/C15H19N5O/c1-3-10(2)15(21)16-12-6-4-5-11(9-12)14-17-18-19-20(14)13-7-8-13/h4-6,9-10,13H,3,7-8H2,1-2H3,(H,16,21)/t10-/m1/s1. The van der Waals surface area contributed by atoms with Gasteiger partial charge in [0.2, 0.25) is 5.91 Å². The number of carbonyl (C=O) groups excluding carboxylic acids is 1. The van der Waals surface area contributed by atoms with Crippen molar-refractivity contribution in [3.63, 3.8) is 0 Å². The van der Waals surface area contributed by atoms with Gasteiger partial charge in [-0.2, -0.15) is 0 Å². The van der Waals surface area contributed by atoms with E-state index in [4.69, 9.17) is 0 Å². The fraction of sp³-hybridized carbons (Fsp3) is 0.467. The minimum Gasteiger partial charge on any atom is -0.326 e. The zero-order valence-corrected chi connectivity index (χ0v) is 12.3. The number of rotatable bonds is 5. The molecule has 1 aliphatic rings. The first kappa shape index (κ1) is 13.7. The molecule has 1 saturated carbocycles. The molecule has 3 rings (SSSR count). The molecule has 21 heavy (non-hydrogen) atoms. The van der Waals surface area contributed by atoms with Crippen LogP contribution in [0.2, 0.25) is 0 Å². The third kappa shape index (κ3) is 2.94. The molecule has 0 spiro atoms. The van der Waals surface area contributed by atoms with Crippen LogP contribution < -0.4 is 5.32 Å². The van der Waals surface area contributed by atoms with Crippen molar-refractivity contribution in [1.29, 1.82) is 0 Å². The lowest BCUT2D eigenvalue weighted by Crippen LogP contribution is -2.19. The number of anilines is 1. The molecular weight excluding hydrogens is 266 g/mol. The molecule has 0 bridgehead atoms. The third-order valence-electron chi connectivity index (χ3n) is 3.83. The predicted octanol–water partition coefficient (Wildman–Crippen LogP) is 2.66. The van der Waals surface area contributed by atoms with E-state index < -0.39 is 0 Å². The van der Waals surface area contributed by atoms with Crippen molar-refractivity contribution in [2.24, 2.45) is 5.92 Å². The van der Waals surface area contributed by atoms with Gasteiger partial charge in [0, 0.05) is 17.2 Å². The molecule has 110 valence electrons. The van der Waals surface area contributed by atoms with Crippen molar-refractivity contribution in [1.82, 2.24) is 20.2 Å². The molecule has 0 radical (unpaired) electrons. The van der Waals surface area contributed by atoms with E-state index in [1.54, 1.807) is 0 Å². The van der Waals surface area contributed by atoms with Crippen LogP contribution in [0.1, 0.15) is 39.2 Å². The number of hydrogen-bond donors (Lipinski definition) is 1. The van der Waals surface area contributed by atoms with Crippen molar-refractivity contribution in [2.45, 2.75) is 39.2 Å². The van der Waals surface area contributed by atoms with Crippen LogP contribution in [0.3, 0.4) is 0 Å². The van der Waals surface area contributed by atoms with Gasteiger partial charge >= 0.3 is 0 Å². The number of amides is 1. The molecule has 1 aromatic carbocycles. The predicted molar refractivity (Wildman–Crippen MR) is 79.6 cm³/mol. The van der Waals surface area contributed by atoms with E-state index in [0.717, 1.165) is 36.3 Å². The second-order valence-corrected chi connectivity index (χ2v) is 5.56. The van der Waals surface area contributed by atoms with E-state index in [-0.39, 0.29) is 11.8 Å². The van der Waals surface area contributed by atoms with Crippen molar-refractivity contribution in [3.05, 3.63) is 24.3 Å². The fourth-order valence-corrected chi connectivity index (χ4v) is 2.14. The normalized spacial score (nSPS) is 15.7. The van der Waals surface area contributed by atoms with E-state index in [0.29, 0.717) is 6.04 Å². The van der Waals surface area contributed by atoms with Crippen LogP contribution >= 0.6 is 0 Å². The second kappa shape index (κ2) is 5.63. The molecule has 6 heteroatoms. The molecular formula is C15H19N5O. The highest BCUT2D eigenvalue weighted by molar-refractivity contribution is 5.92. The van der Waals surface area contributed by atoms with E-state index in [9.17, 15) is 4.79 Å².